The molecule has 104 valence electrons. The number of aromatic nitrogens is 1. The Morgan fingerprint density at radius 2 is 2.58 bits per heavy atom. The van der Waals surface area contributed by atoms with Gasteiger partial charge in [0.25, 0.3) is 5.91 Å². The Morgan fingerprint density at radius 1 is 1.74 bits per heavy atom. The maximum Gasteiger partial charge on any atom is 0.256 e. The Hall–Kier alpha value is -1.27. The molecule has 0 bridgehead atoms. The summed E-state index contributed by atoms with van der Waals surface area (Å²) in [5.41, 5.74) is 0.417. The number of aliphatic hydroxyl groups excluding tert-OH is 1. The summed E-state index contributed by atoms with van der Waals surface area (Å²) >= 11 is 1.84. The molecule has 1 aromatic heterocycles. The number of ether oxygens (including phenoxy) is 1. The Morgan fingerprint density at radius 3 is 3.26 bits per heavy atom. The predicted molar refractivity (Wildman–Crippen MR) is 74.6 cm³/mol. The number of amides is 1. The fraction of sp³-hybridized carbons (Fsp3) is 0.538. The number of nitrogens with zero attached hydrogens (tertiary/aromatic N) is 1. The molecule has 1 aromatic rings. The van der Waals surface area contributed by atoms with Crippen molar-refractivity contribution in [2.24, 2.45) is 0 Å². The van der Waals surface area contributed by atoms with E-state index in [-0.39, 0.29) is 18.6 Å². The van der Waals surface area contributed by atoms with Crippen molar-refractivity contribution < 1.29 is 14.6 Å². The largest absolute Gasteiger partial charge is 0.473 e. The van der Waals surface area contributed by atoms with Crippen LogP contribution in [-0.4, -0.2) is 46.3 Å². The van der Waals surface area contributed by atoms with Crippen LogP contribution in [0.15, 0.2) is 18.3 Å². The van der Waals surface area contributed by atoms with Crippen molar-refractivity contribution in [3.05, 3.63) is 23.9 Å². The van der Waals surface area contributed by atoms with Crippen LogP contribution < -0.4 is 10.1 Å². The van der Waals surface area contributed by atoms with E-state index >= 15 is 0 Å². The lowest BCUT2D eigenvalue weighted by Gasteiger charge is -2.14. The lowest BCUT2D eigenvalue weighted by Crippen LogP contribution is -2.31. The third-order valence-corrected chi connectivity index (χ3v) is 3.87. The molecular formula is C13H18N2O3S. The van der Waals surface area contributed by atoms with Crippen molar-refractivity contribution in [1.82, 2.24) is 10.3 Å². The number of hydrogen-bond donors (Lipinski definition) is 2. The SMILES string of the molecule is CC(O)CNC(=O)c1cccnc1OC1CCSC1. The third-order valence-electron chi connectivity index (χ3n) is 2.74. The molecule has 1 aliphatic rings. The summed E-state index contributed by atoms with van der Waals surface area (Å²) in [6.45, 7) is 1.84. The van der Waals surface area contributed by atoms with Crippen LogP contribution in [0.3, 0.4) is 0 Å². The highest BCUT2D eigenvalue weighted by Crippen LogP contribution is 2.24. The highest BCUT2D eigenvalue weighted by Gasteiger charge is 2.21. The quantitative estimate of drug-likeness (QED) is 0.845. The van der Waals surface area contributed by atoms with E-state index in [0.29, 0.717) is 11.4 Å². The van der Waals surface area contributed by atoms with E-state index in [0.717, 1.165) is 17.9 Å². The van der Waals surface area contributed by atoms with Crippen molar-refractivity contribution in [3.63, 3.8) is 0 Å². The van der Waals surface area contributed by atoms with Crippen molar-refractivity contribution in [3.8, 4) is 5.88 Å². The first-order chi connectivity index (χ1) is 9.16. The average molecular weight is 282 g/mol. The van der Waals surface area contributed by atoms with Crippen LogP contribution in [0.2, 0.25) is 0 Å². The maximum atomic E-state index is 12.0. The van der Waals surface area contributed by atoms with Gasteiger partial charge in [0.05, 0.1) is 6.10 Å². The molecule has 2 atom stereocenters. The predicted octanol–water partition coefficient (Wildman–Crippen LogP) is 1.08. The number of pyridine rings is 1. The van der Waals surface area contributed by atoms with Gasteiger partial charge < -0.3 is 15.2 Å². The molecule has 0 aromatic carbocycles. The molecule has 19 heavy (non-hydrogen) atoms. The molecule has 1 fully saturated rings. The van der Waals surface area contributed by atoms with E-state index in [1.54, 1.807) is 25.3 Å². The lowest BCUT2D eigenvalue weighted by molar-refractivity contribution is 0.0916. The van der Waals surface area contributed by atoms with Crippen LogP contribution in [0, 0.1) is 0 Å². The van der Waals surface area contributed by atoms with Gasteiger partial charge in [0, 0.05) is 18.5 Å². The second-order valence-electron chi connectivity index (χ2n) is 4.52. The van der Waals surface area contributed by atoms with E-state index in [4.69, 9.17) is 4.74 Å². The summed E-state index contributed by atoms with van der Waals surface area (Å²) in [6, 6.07) is 3.38. The van der Waals surface area contributed by atoms with E-state index in [2.05, 4.69) is 10.3 Å². The van der Waals surface area contributed by atoms with Gasteiger partial charge in [-0.1, -0.05) is 0 Å². The van der Waals surface area contributed by atoms with Gasteiger partial charge in [-0.05, 0) is 31.2 Å². The van der Waals surface area contributed by atoms with E-state index < -0.39 is 6.10 Å². The first-order valence-electron chi connectivity index (χ1n) is 6.32. The highest BCUT2D eigenvalue weighted by atomic mass is 32.2. The second-order valence-corrected chi connectivity index (χ2v) is 5.67. The lowest BCUT2D eigenvalue weighted by atomic mass is 10.2. The molecular weight excluding hydrogens is 264 g/mol. The second kappa shape index (κ2) is 6.77. The molecule has 2 N–H and O–H groups in total. The minimum atomic E-state index is -0.573. The molecule has 5 nitrogen and oxygen atoms in total. The number of hydrogen-bond acceptors (Lipinski definition) is 5. The monoisotopic (exact) mass is 282 g/mol. The van der Waals surface area contributed by atoms with Gasteiger partial charge in [-0.2, -0.15) is 11.8 Å². The fourth-order valence-electron chi connectivity index (χ4n) is 1.76. The Labute approximate surface area is 116 Å². The molecule has 6 heteroatoms. The van der Waals surface area contributed by atoms with E-state index in [9.17, 15) is 9.90 Å². The van der Waals surface area contributed by atoms with Gasteiger partial charge in [0.1, 0.15) is 11.7 Å². The van der Waals surface area contributed by atoms with Crippen LogP contribution >= 0.6 is 11.8 Å². The van der Waals surface area contributed by atoms with Crippen LogP contribution in [0.25, 0.3) is 0 Å². The summed E-state index contributed by atoms with van der Waals surface area (Å²) in [5, 5.41) is 11.8. The number of aliphatic hydroxyl groups is 1. The number of nitrogens with one attached hydrogen (secondary N) is 1. The first kappa shape index (κ1) is 14.1. The van der Waals surface area contributed by atoms with Gasteiger partial charge in [0.15, 0.2) is 0 Å². The topological polar surface area (TPSA) is 71.5 Å². The molecule has 1 aliphatic heterocycles. The number of carbonyl (C=O) groups is 1. The number of rotatable bonds is 5. The Balaban J connectivity index is 2.04. The highest BCUT2D eigenvalue weighted by molar-refractivity contribution is 7.99. The van der Waals surface area contributed by atoms with E-state index in [1.165, 1.54) is 0 Å². The van der Waals surface area contributed by atoms with Crippen molar-refractivity contribution in [2.45, 2.75) is 25.6 Å². The van der Waals surface area contributed by atoms with Crippen LogP contribution in [0.4, 0.5) is 0 Å². The summed E-state index contributed by atoms with van der Waals surface area (Å²) in [4.78, 5) is 16.1. The zero-order valence-electron chi connectivity index (χ0n) is 10.8. The molecule has 2 heterocycles. The fourth-order valence-corrected chi connectivity index (χ4v) is 2.85. The molecule has 2 unspecified atom stereocenters. The van der Waals surface area contributed by atoms with Crippen LogP contribution in [0.5, 0.6) is 5.88 Å². The summed E-state index contributed by atoms with van der Waals surface area (Å²) in [5.74, 6) is 2.12. The van der Waals surface area contributed by atoms with Crippen LogP contribution in [0.1, 0.15) is 23.7 Å². The average Bonchev–Trinajstić information content (AvgIpc) is 2.89. The van der Waals surface area contributed by atoms with Crippen molar-refractivity contribution >= 4 is 17.7 Å². The van der Waals surface area contributed by atoms with Crippen molar-refractivity contribution in [2.75, 3.05) is 18.1 Å². The summed E-state index contributed by atoms with van der Waals surface area (Å²) in [6.07, 6.45) is 2.15. The van der Waals surface area contributed by atoms with Crippen molar-refractivity contribution in [1.29, 1.82) is 0 Å². The summed E-state index contributed by atoms with van der Waals surface area (Å²) < 4.78 is 5.78. The number of thioether (sulfide) groups is 1. The normalized spacial score (nSPS) is 20.0. The molecule has 0 aliphatic carbocycles. The van der Waals surface area contributed by atoms with E-state index in [1.807, 2.05) is 11.8 Å². The number of carbonyl (C=O) groups excluding carboxylic acids is 1. The zero-order valence-corrected chi connectivity index (χ0v) is 11.7. The standard InChI is InChI=1S/C13H18N2O3S/c1-9(16)7-15-12(17)11-3-2-5-14-13(11)18-10-4-6-19-8-10/h2-3,5,9-10,16H,4,6-8H2,1H3,(H,15,17). The van der Waals surface area contributed by atoms with Gasteiger partial charge in [-0.25, -0.2) is 4.98 Å². The minimum absolute atomic E-state index is 0.128. The molecule has 0 saturated carbocycles. The van der Waals surface area contributed by atoms with Gasteiger partial charge in [0.2, 0.25) is 5.88 Å². The maximum absolute atomic E-state index is 12.0. The molecule has 1 saturated heterocycles. The Bertz CT molecular complexity index is 434. The van der Waals surface area contributed by atoms with Gasteiger partial charge in [-0.3, -0.25) is 4.79 Å². The van der Waals surface area contributed by atoms with Crippen LogP contribution in [-0.2, 0) is 0 Å². The molecule has 0 spiro atoms. The third kappa shape index (κ3) is 4.11. The minimum Gasteiger partial charge on any atom is -0.473 e. The smallest absolute Gasteiger partial charge is 0.256 e. The summed E-state index contributed by atoms with van der Waals surface area (Å²) in [7, 11) is 0. The first-order valence-corrected chi connectivity index (χ1v) is 7.48. The van der Waals surface area contributed by atoms with Gasteiger partial charge in [-0.15, -0.1) is 0 Å². The molecule has 2 rings (SSSR count). The Kier molecular flexibility index (Phi) is 5.04. The molecule has 1 amide bonds. The van der Waals surface area contributed by atoms with Gasteiger partial charge >= 0.3 is 0 Å². The zero-order chi connectivity index (χ0) is 13.7. The molecule has 0 radical (unpaired) electrons.